The van der Waals surface area contributed by atoms with Crippen molar-refractivity contribution in [2.24, 2.45) is 4.99 Å². The van der Waals surface area contributed by atoms with Gasteiger partial charge in [-0.1, -0.05) is 0 Å². The molecular formula is C10H10N4O2S. The van der Waals surface area contributed by atoms with Crippen molar-refractivity contribution < 1.29 is 9.90 Å². The molecule has 0 aliphatic heterocycles. The van der Waals surface area contributed by atoms with Crippen LogP contribution in [0.5, 0.6) is 0 Å². The molecule has 7 heteroatoms. The van der Waals surface area contributed by atoms with Crippen molar-refractivity contribution in [3.63, 3.8) is 0 Å². The fourth-order valence-electron chi connectivity index (χ4n) is 1.23. The molecule has 1 atom stereocenters. The van der Waals surface area contributed by atoms with Crippen molar-refractivity contribution in [3.8, 4) is 0 Å². The van der Waals surface area contributed by atoms with Crippen LogP contribution in [-0.4, -0.2) is 38.1 Å². The number of hydrogen-bond acceptors (Lipinski definition) is 5. The number of carboxylic acid groups (broad SMARTS) is 1. The highest BCUT2D eigenvalue weighted by atomic mass is 32.1. The van der Waals surface area contributed by atoms with E-state index in [2.05, 4.69) is 15.1 Å². The number of aliphatic imine (C=N–C) groups is 1. The van der Waals surface area contributed by atoms with Crippen LogP contribution in [0.25, 0.3) is 0 Å². The number of nitrogens with zero attached hydrogens (tertiary/aromatic N) is 4. The number of aliphatic carboxylic acids is 1. The summed E-state index contributed by atoms with van der Waals surface area (Å²) < 4.78 is 1.54. The minimum Gasteiger partial charge on any atom is -0.480 e. The second kappa shape index (κ2) is 5.35. The number of aromatic nitrogens is 3. The van der Waals surface area contributed by atoms with E-state index in [4.69, 9.17) is 5.11 Å². The highest BCUT2D eigenvalue weighted by molar-refractivity contribution is 7.11. The van der Waals surface area contributed by atoms with Gasteiger partial charge in [0.05, 0.1) is 12.8 Å². The van der Waals surface area contributed by atoms with Gasteiger partial charge >= 0.3 is 5.97 Å². The summed E-state index contributed by atoms with van der Waals surface area (Å²) in [4.78, 5) is 19.0. The fourth-order valence-corrected chi connectivity index (χ4v) is 1.73. The Bertz CT molecular complexity index is 492. The zero-order chi connectivity index (χ0) is 12.1. The van der Waals surface area contributed by atoms with Crippen molar-refractivity contribution in [1.82, 2.24) is 14.8 Å². The molecule has 2 aromatic rings. The molecule has 0 bridgehead atoms. The van der Waals surface area contributed by atoms with Crippen LogP contribution in [-0.2, 0) is 11.3 Å². The molecule has 0 spiro atoms. The highest BCUT2D eigenvalue weighted by Gasteiger charge is 2.16. The van der Waals surface area contributed by atoms with Crippen molar-refractivity contribution in [2.75, 3.05) is 0 Å². The first kappa shape index (κ1) is 11.5. The first-order valence-corrected chi connectivity index (χ1v) is 5.76. The van der Waals surface area contributed by atoms with Crippen LogP contribution in [0.3, 0.4) is 0 Å². The van der Waals surface area contributed by atoms with Crippen LogP contribution >= 0.6 is 11.3 Å². The third kappa shape index (κ3) is 3.22. The van der Waals surface area contributed by atoms with Crippen LogP contribution < -0.4 is 0 Å². The number of hydrogen-bond donors (Lipinski definition) is 1. The van der Waals surface area contributed by atoms with Gasteiger partial charge in [-0.05, 0) is 6.07 Å². The number of thiazole rings is 1. The summed E-state index contributed by atoms with van der Waals surface area (Å²) in [6.07, 6.45) is 6.43. The molecule has 1 N–H and O–H groups in total. The Kier molecular flexibility index (Phi) is 3.61. The van der Waals surface area contributed by atoms with E-state index in [0.29, 0.717) is 5.01 Å². The smallest absolute Gasteiger partial charge is 0.330 e. The lowest BCUT2D eigenvalue weighted by atomic mass is 10.3. The van der Waals surface area contributed by atoms with Gasteiger partial charge in [0.15, 0.2) is 6.04 Å². The van der Waals surface area contributed by atoms with Crippen LogP contribution in [0.15, 0.2) is 35.0 Å². The molecule has 1 unspecified atom stereocenters. The Balaban J connectivity index is 2.05. The predicted octanol–water partition coefficient (Wildman–Crippen LogP) is 0.912. The molecule has 0 aliphatic rings. The van der Waals surface area contributed by atoms with Gasteiger partial charge in [0, 0.05) is 24.0 Å². The maximum Gasteiger partial charge on any atom is 0.330 e. The quantitative estimate of drug-likeness (QED) is 0.800. The number of carboxylic acids is 1. The third-order valence-electron chi connectivity index (χ3n) is 2.02. The summed E-state index contributed by atoms with van der Waals surface area (Å²) in [6.45, 7) is 0.213. The third-order valence-corrected chi connectivity index (χ3v) is 2.73. The summed E-state index contributed by atoms with van der Waals surface area (Å²) in [5, 5.41) is 15.5. The monoisotopic (exact) mass is 250 g/mol. The van der Waals surface area contributed by atoms with E-state index in [1.54, 1.807) is 24.7 Å². The molecule has 0 fully saturated rings. The van der Waals surface area contributed by atoms with Gasteiger partial charge in [0.2, 0.25) is 0 Å². The fraction of sp³-hybridized carbons (Fsp3) is 0.200. The minimum absolute atomic E-state index is 0.213. The van der Waals surface area contributed by atoms with Gasteiger partial charge in [-0.15, -0.1) is 11.3 Å². The summed E-state index contributed by atoms with van der Waals surface area (Å²) in [6, 6.07) is 0.891. The summed E-state index contributed by atoms with van der Waals surface area (Å²) >= 11 is 1.41. The van der Waals surface area contributed by atoms with E-state index >= 15 is 0 Å². The Morgan fingerprint density at radius 2 is 2.53 bits per heavy atom. The van der Waals surface area contributed by atoms with Crippen molar-refractivity contribution in [3.05, 3.63) is 35.0 Å². The maximum absolute atomic E-state index is 11.0. The largest absolute Gasteiger partial charge is 0.480 e. The van der Waals surface area contributed by atoms with Gasteiger partial charge in [0.25, 0.3) is 0 Å². The van der Waals surface area contributed by atoms with E-state index in [1.165, 1.54) is 22.2 Å². The lowest BCUT2D eigenvalue weighted by Gasteiger charge is -2.06. The molecule has 2 heterocycles. The molecule has 0 aliphatic carbocycles. The van der Waals surface area contributed by atoms with E-state index in [1.807, 2.05) is 5.38 Å². The first-order valence-electron chi connectivity index (χ1n) is 4.88. The molecule has 17 heavy (non-hydrogen) atoms. The molecule has 0 aromatic carbocycles. The summed E-state index contributed by atoms with van der Waals surface area (Å²) in [5.74, 6) is -0.978. The van der Waals surface area contributed by atoms with Crippen molar-refractivity contribution in [1.29, 1.82) is 0 Å². The van der Waals surface area contributed by atoms with Gasteiger partial charge in [0.1, 0.15) is 5.01 Å². The standard InChI is InChI=1S/C10H10N4O2S/c15-10(16)8(7-14-4-1-2-13-14)12-6-9-11-3-5-17-9/h1-6,8H,7H2,(H,15,16)/b12-6+. The highest BCUT2D eigenvalue weighted by Crippen LogP contribution is 2.02. The SMILES string of the molecule is O=C(O)C(Cn1cccn1)/N=C/c1nccs1. The molecule has 88 valence electrons. The van der Waals surface area contributed by atoms with Crippen molar-refractivity contribution in [2.45, 2.75) is 12.6 Å². The zero-order valence-electron chi connectivity index (χ0n) is 8.80. The summed E-state index contributed by atoms with van der Waals surface area (Å²) in [7, 11) is 0. The molecule has 0 radical (unpaired) electrons. The first-order chi connectivity index (χ1) is 8.25. The average molecular weight is 250 g/mol. The van der Waals surface area contributed by atoms with E-state index in [9.17, 15) is 4.79 Å². The second-order valence-corrected chi connectivity index (χ2v) is 4.16. The Hall–Kier alpha value is -2.02. The molecule has 0 saturated carbocycles. The Morgan fingerprint density at radius 1 is 1.65 bits per heavy atom. The lowest BCUT2D eigenvalue weighted by Crippen LogP contribution is -2.24. The van der Waals surface area contributed by atoms with Crippen LogP contribution in [0.2, 0.25) is 0 Å². The molecule has 2 rings (SSSR count). The van der Waals surface area contributed by atoms with Gasteiger partial charge in [-0.3, -0.25) is 9.67 Å². The Morgan fingerprint density at radius 3 is 3.12 bits per heavy atom. The molecule has 6 nitrogen and oxygen atoms in total. The average Bonchev–Trinajstić information content (AvgIpc) is 2.97. The molecule has 0 saturated heterocycles. The second-order valence-electron chi connectivity index (χ2n) is 3.23. The van der Waals surface area contributed by atoms with Crippen molar-refractivity contribution >= 4 is 23.5 Å². The van der Waals surface area contributed by atoms with Gasteiger partial charge in [-0.25, -0.2) is 9.78 Å². The van der Waals surface area contributed by atoms with E-state index in [0.717, 1.165) is 0 Å². The van der Waals surface area contributed by atoms with Crippen LogP contribution in [0.4, 0.5) is 0 Å². The molecular weight excluding hydrogens is 240 g/mol. The normalized spacial score (nSPS) is 12.9. The number of carbonyl (C=O) groups is 1. The van der Waals surface area contributed by atoms with Crippen LogP contribution in [0, 0.1) is 0 Å². The van der Waals surface area contributed by atoms with Gasteiger partial charge in [-0.2, -0.15) is 5.10 Å². The summed E-state index contributed by atoms with van der Waals surface area (Å²) in [5.41, 5.74) is 0. The van der Waals surface area contributed by atoms with E-state index < -0.39 is 12.0 Å². The topological polar surface area (TPSA) is 80.4 Å². The molecule has 2 aromatic heterocycles. The molecule has 0 amide bonds. The van der Waals surface area contributed by atoms with Crippen LogP contribution in [0.1, 0.15) is 5.01 Å². The Labute approximate surface area is 101 Å². The lowest BCUT2D eigenvalue weighted by molar-refractivity contribution is -0.138. The van der Waals surface area contributed by atoms with Gasteiger partial charge < -0.3 is 5.11 Å². The van der Waals surface area contributed by atoms with E-state index in [-0.39, 0.29) is 6.54 Å². The predicted molar refractivity (Wildman–Crippen MR) is 63.4 cm³/mol. The minimum atomic E-state index is -0.978. The maximum atomic E-state index is 11.0. The zero-order valence-corrected chi connectivity index (χ0v) is 9.62. The number of rotatable bonds is 5.